The van der Waals surface area contributed by atoms with Crippen LogP contribution in [-0.2, 0) is 11.2 Å². The van der Waals surface area contributed by atoms with E-state index in [1.165, 1.54) is 0 Å². The number of benzene rings is 2. The van der Waals surface area contributed by atoms with E-state index in [9.17, 15) is 9.90 Å². The fraction of sp³-hybridized carbons (Fsp3) is 0.227. The van der Waals surface area contributed by atoms with E-state index < -0.39 is 12.1 Å². The van der Waals surface area contributed by atoms with Crippen LogP contribution in [0.5, 0.6) is 0 Å². The van der Waals surface area contributed by atoms with Crippen molar-refractivity contribution >= 4 is 45.0 Å². The Labute approximate surface area is 194 Å². The molecule has 0 bridgehead atoms. The zero-order valence-electron chi connectivity index (χ0n) is 17.2. The van der Waals surface area contributed by atoms with Gasteiger partial charge in [0.2, 0.25) is 11.9 Å². The molecule has 9 nitrogen and oxygen atoms in total. The highest BCUT2D eigenvalue weighted by Crippen LogP contribution is 2.23. The monoisotopic (exact) mass is 500 g/mol. The highest BCUT2D eigenvalue weighted by atomic mass is 79.9. The van der Waals surface area contributed by atoms with E-state index in [1.807, 2.05) is 36.4 Å². The lowest BCUT2D eigenvalue weighted by atomic mass is 10.1. The van der Waals surface area contributed by atoms with Crippen LogP contribution in [-0.4, -0.2) is 51.4 Å². The number of hydrogen-bond acceptors (Lipinski definition) is 8. The Morgan fingerprint density at radius 2 is 1.88 bits per heavy atom. The van der Waals surface area contributed by atoms with E-state index in [0.29, 0.717) is 34.0 Å². The minimum absolute atomic E-state index is 0.135. The Morgan fingerprint density at radius 1 is 1.12 bits per heavy atom. The SMILES string of the molecule is NC(Cc1ccccc1)C(=O)Nc1cccc(Nc2ncc(Br)c(NCC(O)CO)n2)c1. The third kappa shape index (κ3) is 6.99. The predicted molar refractivity (Wildman–Crippen MR) is 128 cm³/mol. The van der Waals surface area contributed by atoms with Gasteiger partial charge in [-0.25, -0.2) is 4.98 Å². The van der Waals surface area contributed by atoms with E-state index >= 15 is 0 Å². The standard InChI is InChI=1S/C22H25BrN6O3/c23-18-12-26-22(29-20(18)25-11-17(31)13-30)28-16-8-4-7-15(10-16)27-21(32)19(24)9-14-5-2-1-3-6-14/h1-8,10,12,17,19,30-31H,9,11,13,24H2,(H,27,32)(H2,25,26,28,29). The highest BCUT2D eigenvalue weighted by Gasteiger charge is 2.14. The third-order valence-corrected chi connectivity index (χ3v) is 5.06. The van der Waals surface area contributed by atoms with Crippen LogP contribution < -0.4 is 21.7 Å². The molecule has 0 saturated heterocycles. The maximum Gasteiger partial charge on any atom is 0.241 e. The van der Waals surface area contributed by atoms with Gasteiger partial charge in [0, 0.05) is 24.1 Å². The molecule has 7 N–H and O–H groups in total. The summed E-state index contributed by atoms with van der Waals surface area (Å²) in [4.78, 5) is 21.1. The van der Waals surface area contributed by atoms with Crippen LogP contribution in [0.4, 0.5) is 23.1 Å². The predicted octanol–water partition coefficient (Wildman–Crippen LogP) is 2.26. The lowest BCUT2D eigenvalue weighted by molar-refractivity contribution is -0.117. The Bertz CT molecular complexity index is 1040. The summed E-state index contributed by atoms with van der Waals surface area (Å²) >= 11 is 3.35. The van der Waals surface area contributed by atoms with Crippen molar-refractivity contribution in [2.75, 3.05) is 29.1 Å². The van der Waals surface area contributed by atoms with Crippen LogP contribution >= 0.6 is 15.9 Å². The number of nitrogens with zero attached hydrogens (tertiary/aromatic N) is 2. The van der Waals surface area contributed by atoms with Crippen molar-refractivity contribution in [2.24, 2.45) is 5.73 Å². The van der Waals surface area contributed by atoms with Gasteiger partial charge in [-0.2, -0.15) is 4.98 Å². The molecule has 2 aromatic carbocycles. The number of halogens is 1. The number of aromatic nitrogens is 2. The average molecular weight is 501 g/mol. The first kappa shape index (κ1) is 23.6. The first-order chi connectivity index (χ1) is 15.4. The normalized spacial score (nSPS) is 12.6. The first-order valence-corrected chi connectivity index (χ1v) is 10.8. The summed E-state index contributed by atoms with van der Waals surface area (Å²) in [7, 11) is 0. The average Bonchev–Trinajstić information content (AvgIpc) is 2.80. The highest BCUT2D eigenvalue weighted by molar-refractivity contribution is 9.10. The van der Waals surface area contributed by atoms with Crippen LogP contribution in [0, 0.1) is 0 Å². The Morgan fingerprint density at radius 3 is 2.62 bits per heavy atom. The second-order valence-corrected chi connectivity index (χ2v) is 7.95. The summed E-state index contributed by atoms with van der Waals surface area (Å²) in [5.41, 5.74) is 8.31. The van der Waals surface area contributed by atoms with Crippen LogP contribution in [0.2, 0.25) is 0 Å². The summed E-state index contributed by atoms with van der Waals surface area (Å²) in [6.45, 7) is -0.218. The zero-order chi connectivity index (χ0) is 22.9. The van der Waals surface area contributed by atoms with Gasteiger partial charge in [-0.15, -0.1) is 0 Å². The molecule has 32 heavy (non-hydrogen) atoms. The maximum absolute atomic E-state index is 12.5. The Balaban J connectivity index is 1.63. The molecule has 3 aromatic rings. The van der Waals surface area contributed by atoms with Gasteiger partial charge in [-0.3, -0.25) is 4.79 Å². The van der Waals surface area contributed by atoms with Gasteiger partial charge in [0.15, 0.2) is 0 Å². The van der Waals surface area contributed by atoms with Gasteiger partial charge in [-0.1, -0.05) is 36.4 Å². The summed E-state index contributed by atoms with van der Waals surface area (Å²) in [5, 5.41) is 27.3. The maximum atomic E-state index is 12.5. The van der Waals surface area contributed by atoms with Gasteiger partial charge in [0.05, 0.1) is 23.2 Å². The molecule has 0 saturated carbocycles. The molecule has 0 aliphatic rings. The van der Waals surface area contributed by atoms with Gasteiger partial charge in [-0.05, 0) is 46.1 Å². The summed E-state index contributed by atoms with van der Waals surface area (Å²) < 4.78 is 0.613. The topological polar surface area (TPSA) is 145 Å². The number of carbonyl (C=O) groups is 1. The quantitative estimate of drug-likeness (QED) is 0.248. The third-order valence-electron chi connectivity index (χ3n) is 4.48. The van der Waals surface area contributed by atoms with E-state index in [2.05, 4.69) is 41.8 Å². The number of nitrogens with one attached hydrogen (secondary N) is 3. The molecule has 1 heterocycles. The molecule has 0 aliphatic heterocycles. The number of rotatable bonds is 10. The van der Waals surface area contributed by atoms with Gasteiger partial charge in [0.1, 0.15) is 5.82 Å². The van der Waals surface area contributed by atoms with E-state index in [1.54, 1.807) is 24.4 Å². The molecule has 0 fully saturated rings. The second kappa shape index (κ2) is 11.5. The second-order valence-electron chi connectivity index (χ2n) is 7.10. The molecule has 0 spiro atoms. The van der Waals surface area contributed by atoms with Crippen LogP contribution in [0.15, 0.2) is 65.3 Å². The summed E-state index contributed by atoms with van der Waals surface area (Å²) in [6.07, 6.45) is 1.11. The van der Waals surface area contributed by atoms with Crippen LogP contribution in [0.25, 0.3) is 0 Å². The van der Waals surface area contributed by atoms with Gasteiger partial charge in [0.25, 0.3) is 0 Å². The van der Waals surface area contributed by atoms with Crippen molar-refractivity contribution in [3.8, 4) is 0 Å². The van der Waals surface area contributed by atoms with Crippen molar-refractivity contribution in [3.63, 3.8) is 0 Å². The molecule has 1 aromatic heterocycles. The molecule has 0 radical (unpaired) electrons. The van der Waals surface area contributed by atoms with E-state index in [4.69, 9.17) is 10.8 Å². The minimum Gasteiger partial charge on any atom is -0.394 e. The smallest absolute Gasteiger partial charge is 0.241 e. The van der Waals surface area contributed by atoms with Crippen molar-refractivity contribution in [1.29, 1.82) is 0 Å². The number of hydrogen-bond donors (Lipinski definition) is 6. The van der Waals surface area contributed by atoms with Crippen LogP contribution in [0.1, 0.15) is 5.56 Å². The molecule has 0 aliphatic carbocycles. The molecule has 3 rings (SSSR count). The minimum atomic E-state index is -0.901. The zero-order valence-corrected chi connectivity index (χ0v) is 18.8. The molecule has 2 atom stereocenters. The molecule has 10 heteroatoms. The fourth-order valence-corrected chi connectivity index (χ4v) is 3.16. The number of aliphatic hydroxyl groups excluding tert-OH is 2. The fourth-order valence-electron chi connectivity index (χ4n) is 2.83. The Kier molecular flexibility index (Phi) is 8.51. The summed E-state index contributed by atoms with van der Waals surface area (Å²) in [5.74, 6) is 0.504. The van der Waals surface area contributed by atoms with E-state index in [0.717, 1.165) is 5.56 Å². The van der Waals surface area contributed by atoms with Gasteiger partial charge < -0.3 is 31.9 Å². The molecule has 1 amide bonds. The van der Waals surface area contributed by atoms with Crippen molar-refractivity contribution < 1.29 is 15.0 Å². The molecular weight excluding hydrogens is 476 g/mol. The lowest BCUT2D eigenvalue weighted by Crippen LogP contribution is -2.37. The van der Waals surface area contributed by atoms with Crippen LogP contribution in [0.3, 0.4) is 0 Å². The lowest BCUT2D eigenvalue weighted by Gasteiger charge is -2.14. The molecule has 2 unspecified atom stereocenters. The first-order valence-electron chi connectivity index (χ1n) is 9.97. The number of aliphatic hydroxyl groups is 2. The van der Waals surface area contributed by atoms with Gasteiger partial charge >= 0.3 is 0 Å². The summed E-state index contributed by atoms with van der Waals surface area (Å²) in [6, 6.07) is 16.1. The number of amides is 1. The van der Waals surface area contributed by atoms with E-state index in [-0.39, 0.29) is 19.1 Å². The van der Waals surface area contributed by atoms with Crippen molar-refractivity contribution in [2.45, 2.75) is 18.6 Å². The molecule has 168 valence electrons. The van der Waals surface area contributed by atoms with Crippen molar-refractivity contribution in [1.82, 2.24) is 9.97 Å². The Hall–Kier alpha value is -3.05. The number of anilines is 4. The van der Waals surface area contributed by atoms with Crippen molar-refractivity contribution in [3.05, 3.63) is 70.8 Å². The number of carbonyl (C=O) groups excluding carboxylic acids is 1. The molecular formula is C22H25BrN6O3. The number of nitrogens with two attached hydrogens (primary N) is 1. The largest absolute Gasteiger partial charge is 0.394 e.